The van der Waals surface area contributed by atoms with E-state index < -0.39 is 0 Å². The van der Waals surface area contributed by atoms with Crippen molar-refractivity contribution in [2.45, 2.75) is 40.3 Å². The third-order valence-corrected chi connectivity index (χ3v) is 4.41. The lowest BCUT2D eigenvalue weighted by atomic mass is 10.1. The summed E-state index contributed by atoms with van der Waals surface area (Å²) in [6.45, 7) is 8.79. The normalized spacial score (nSPS) is 12.0. The number of thiophene rings is 1. The van der Waals surface area contributed by atoms with E-state index >= 15 is 0 Å². The van der Waals surface area contributed by atoms with E-state index in [0.717, 1.165) is 5.56 Å². The van der Waals surface area contributed by atoms with Gasteiger partial charge in [-0.25, -0.2) is 4.79 Å². The van der Waals surface area contributed by atoms with Gasteiger partial charge < -0.3 is 10.6 Å². The van der Waals surface area contributed by atoms with Crippen LogP contribution in [0.4, 0.5) is 4.79 Å². The minimum atomic E-state index is -0.132. The smallest absolute Gasteiger partial charge is 0.315 e. The highest BCUT2D eigenvalue weighted by Gasteiger charge is 2.13. The number of hydrogen-bond acceptors (Lipinski definition) is 2. The number of urea groups is 1. The van der Waals surface area contributed by atoms with Crippen LogP contribution in [0, 0.1) is 20.8 Å². The number of rotatable bonds is 4. The van der Waals surface area contributed by atoms with E-state index in [4.69, 9.17) is 0 Å². The molecule has 21 heavy (non-hydrogen) atoms. The molecule has 2 rings (SSSR count). The van der Waals surface area contributed by atoms with Crippen LogP contribution in [-0.4, -0.2) is 6.03 Å². The lowest BCUT2D eigenvalue weighted by Gasteiger charge is -2.15. The highest BCUT2D eigenvalue weighted by Crippen LogP contribution is 2.25. The van der Waals surface area contributed by atoms with Gasteiger partial charge in [0, 0.05) is 16.3 Å². The molecule has 1 atom stereocenters. The third kappa shape index (κ3) is 4.33. The number of aryl methyl sites for hydroxylation is 3. The van der Waals surface area contributed by atoms with E-state index in [0.29, 0.717) is 6.54 Å². The Balaban J connectivity index is 1.88. The molecular formula is C17H22N2OS. The Kier molecular flexibility index (Phi) is 5.02. The zero-order valence-corrected chi connectivity index (χ0v) is 13.8. The van der Waals surface area contributed by atoms with Gasteiger partial charge in [-0.05, 0) is 44.9 Å². The first-order valence-corrected chi connectivity index (χ1v) is 7.94. The third-order valence-electron chi connectivity index (χ3n) is 3.43. The van der Waals surface area contributed by atoms with E-state index in [1.165, 1.54) is 20.9 Å². The van der Waals surface area contributed by atoms with Crippen molar-refractivity contribution < 1.29 is 4.79 Å². The van der Waals surface area contributed by atoms with Gasteiger partial charge in [0.05, 0.1) is 6.04 Å². The SMILES string of the molecule is Cc1cccc(CNC(=O)NC(C)c2cc(C)sc2C)c1. The Morgan fingerprint density at radius 1 is 1.24 bits per heavy atom. The van der Waals surface area contributed by atoms with Gasteiger partial charge in [-0.15, -0.1) is 11.3 Å². The van der Waals surface area contributed by atoms with Gasteiger partial charge in [-0.3, -0.25) is 0 Å². The summed E-state index contributed by atoms with van der Waals surface area (Å²) in [5.74, 6) is 0. The van der Waals surface area contributed by atoms with Crippen LogP contribution in [0.1, 0.15) is 39.4 Å². The first-order chi connectivity index (χ1) is 9.95. The molecule has 3 nitrogen and oxygen atoms in total. The standard InChI is InChI=1S/C17H22N2OS/c1-11-6-5-7-15(8-11)10-18-17(20)19-13(3)16-9-12(2)21-14(16)4/h5-9,13H,10H2,1-4H3,(H2,18,19,20). The molecule has 0 saturated heterocycles. The average Bonchev–Trinajstić information content (AvgIpc) is 2.75. The van der Waals surface area contributed by atoms with Crippen molar-refractivity contribution in [3.8, 4) is 0 Å². The van der Waals surface area contributed by atoms with Crippen molar-refractivity contribution in [3.63, 3.8) is 0 Å². The van der Waals surface area contributed by atoms with Gasteiger partial charge in [-0.2, -0.15) is 0 Å². The van der Waals surface area contributed by atoms with E-state index in [1.54, 1.807) is 11.3 Å². The molecule has 2 aromatic rings. The summed E-state index contributed by atoms with van der Waals surface area (Å²) in [6.07, 6.45) is 0. The van der Waals surface area contributed by atoms with Crippen molar-refractivity contribution in [2.24, 2.45) is 0 Å². The minimum Gasteiger partial charge on any atom is -0.334 e. The number of carbonyl (C=O) groups is 1. The minimum absolute atomic E-state index is 0.0208. The predicted molar refractivity (Wildman–Crippen MR) is 88.8 cm³/mol. The second-order valence-corrected chi connectivity index (χ2v) is 6.87. The average molecular weight is 302 g/mol. The number of benzene rings is 1. The van der Waals surface area contributed by atoms with Gasteiger partial charge in [0.2, 0.25) is 0 Å². The van der Waals surface area contributed by atoms with Crippen LogP contribution in [0.2, 0.25) is 0 Å². The molecule has 0 radical (unpaired) electrons. The van der Waals surface area contributed by atoms with Crippen LogP contribution in [0.15, 0.2) is 30.3 Å². The highest BCUT2D eigenvalue weighted by atomic mass is 32.1. The molecule has 0 spiro atoms. The summed E-state index contributed by atoms with van der Waals surface area (Å²) in [4.78, 5) is 14.5. The van der Waals surface area contributed by atoms with Crippen LogP contribution in [0.25, 0.3) is 0 Å². The molecule has 0 fully saturated rings. The van der Waals surface area contributed by atoms with Gasteiger partial charge in [0.1, 0.15) is 0 Å². The van der Waals surface area contributed by atoms with Gasteiger partial charge in [-0.1, -0.05) is 29.8 Å². The first kappa shape index (κ1) is 15.6. The Morgan fingerprint density at radius 2 is 2.00 bits per heavy atom. The Hall–Kier alpha value is -1.81. The van der Waals surface area contributed by atoms with Crippen molar-refractivity contribution >= 4 is 17.4 Å². The van der Waals surface area contributed by atoms with Crippen LogP contribution in [0.5, 0.6) is 0 Å². The summed E-state index contributed by atoms with van der Waals surface area (Å²) in [5.41, 5.74) is 3.51. The zero-order valence-electron chi connectivity index (χ0n) is 13.0. The largest absolute Gasteiger partial charge is 0.334 e. The van der Waals surface area contributed by atoms with Gasteiger partial charge in [0.25, 0.3) is 0 Å². The molecule has 1 unspecified atom stereocenters. The molecule has 1 aromatic carbocycles. The summed E-state index contributed by atoms with van der Waals surface area (Å²) >= 11 is 1.76. The summed E-state index contributed by atoms with van der Waals surface area (Å²) < 4.78 is 0. The quantitative estimate of drug-likeness (QED) is 0.871. The van der Waals surface area contributed by atoms with Gasteiger partial charge in [0.15, 0.2) is 0 Å². The van der Waals surface area contributed by atoms with E-state index in [9.17, 15) is 4.79 Å². The lowest BCUT2D eigenvalue weighted by Crippen LogP contribution is -2.36. The van der Waals surface area contributed by atoms with Crippen molar-refractivity contribution in [3.05, 3.63) is 56.8 Å². The Morgan fingerprint density at radius 3 is 2.62 bits per heavy atom. The molecule has 112 valence electrons. The maximum absolute atomic E-state index is 12.0. The van der Waals surface area contributed by atoms with E-state index in [1.807, 2.05) is 32.0 Å². The fourth-order valence-corrected chi connectivity index (χ4v) is 3.43. The number of carbonyl (C=O) groups excluding carboxylic acids is 1. The van der Waals surface area contributed by atoms with Gasteiger partial charge >= 0.3 is 6.03 Å². The van der Waals surface area contributed by atoms with Crippen molar-refractivity contribution in [2.75, 3.05) is 0 Å². The maximum Gasteiger partial charge on any atom is 0.315 e. The second kappa shape index (κ2) is 6.76. The van der Waals surface area contributed by atoms with Crippen LogP contribution in [-0.2, 0) is 6.54 Å². The van der Waals surface area contributed by atoms with Crippen molar-refractivity contribution in [1.29, 1.82) is 0 Å². The molecule has 0 saturated carbocycles. The highest BCUT2D eigenvalue weighted by molar-refractivity contribution is 7.12. The molecule has 0 bridgehead atoms. The number of nitrogens with one attached hydrogen (secondary N) is 2. The fourth-order valence-electron chi connectivity index (χ4n) is 2.41. The number of amides is 2. The van der Waals surface area contributed by atoms with Crippen LogP contribution < -0.4 is 10.6 Å². The molecule has 1 aromatic heterocycles. The predicted octanol–water partition coefficient (Wildman–Crippen LogP) is 4.23. The Labute approximate surface area is 130 Å². The first-order valence-electron chi connectivity index (χ1n) is 7.12. The second-order valence-electron chi connectivity index (χ2n) is 5.41. The molecule has 4 heteroatoms. The molecule has 2 amide bonds. The van der Waals surface area contributed by atoms with E-state index in [2.05, 4.69) is 36.6 Å². The van der Waals surface area contributed by atoms with Crippen molar-refractivity contribution in [1.82, 2.24) is 10.6 Å². The monoisotopic (exact) mass is 302 g/mol. The molecule has 1 heterocycles. The van der Waals surface area contributed by atoms with E-state index in [-0.39, 0.29) is 12.1 Å². The summed E-state index contributed by atoms with van der Waals surface area (Å²) in [5, 5.41) is 5.90. The molecule has 0 aliphatic heterocycles. The fraction of sp³-hybridized carbons (Fsp3) is 0.353. The summed E-state index contributed by atoms with van der Waals surface area (Å²) in [7, 11) is 0. The molecule has 0 aliphatic rings. The molecule has 0 aliphatic carbocycles. The van der Waals surface area contributed by atoms with Crippen LogP contribution in [0.3, 0.4) is 0 Å². The maximum atomic E-state index is 12.0. The lowest BCUT2D eigenvalue weighted by molar-refractivity contribution is 0.237. The number of hydrogen-bond donors (Lipinski definition) is 2. The summed E-state index contributed by atoms with van der Waals surface area (Å²) in [6, 6.07) is 10.2. The van der Waals surface area contributed by atoms with Crippen LogP contribution >= 0.6 is 11.3 Å². The Bertz CT molecular complexity index is 633. The topological polar surface area (TPSA) is 41.1 Å². The zero-order chi connectivity index (χ0) is 15.4. The molecule has 2 N–H and O–H groups in total. The molecular weight excluding hydrogens is 280 g/mol.